The summed E-state index contributed by atoms with van der Waals surface area (Å²) in [6.07, 6.45) is -0.110. The molecule has 0 aromatic heterocycles. The lowest BCUT2D eigenvalue weighted by Crippen LogP contribution is -2.43. The maximum absolute atomic E-state index is 11.0. The first-order valence-corrected chi connectivity index (χ1v) is 5.27. The first-order chi connectivity index (χ1) is 8.82. The number of benzene rings is 1. The molecule has 0 spiro atoms. The summed E-state index contributed by atoms with van der Waals surface area (Å²) in [7, 11) is 0. The number of carboxylic acids is 2. The maximum Gasteiger partial charge on any atom is 0.321 e. The van der Waals surface area contributed by atoms with E-state index in [1.807, 2.05) is 0 Å². The van der Waals surface area contributed by atoms with E-state index < -0.39 is 28.8 Å². The Morgan fingerprint density at radius 1 is 1.21 bits per heavy atom. The van der Waals surface area contributed by atoms with Crippen LogP contribution in [0.3, 0.4) is 0 Å². The number of hydrogen-bond donors (Lipinski definition) is 3. The number of rotatable bonds is 6. The van der Waals surface area contributed by atoms with Gasteiger partial charge >= 0.3 is 11.9 Å². The predicted octanol–water partition coefficient (Wildman–Crippen LogP) is 0.250. The second-order valence-electron chi connectivity index (χ2n) is 3.94. The molecule has 1 aromatic rings. The lowest BCUT2D eigenvalue weighted by Gasteiger charge is -2.16. The van der Waals surface area contributed by atoms with Crippen molar-refractivity contribution >= 4 is 17.6 Å². The van der Waals surface area contributed by atoms with Crippen molar-refractivity contribution in [3.8, 4) is 0 Å². The molecule has 1 rings (SSSR count). The van der Waals surface area contributed by atoms with Gasteiger partial charge in [0.15, 0.2) is 0 Å². The average molecular weight is 268 g/mol. The summed E-state index contributed by atoms with van der Waals surface area (Å²) in [4.78, 5) is 31.5. The van der Waals surface area contributed by atoms with Crippen LogP contribution >= 0.6 is 0 Å². The SMILES string of the molecule is N[C@H](C(=O)O)[C@H](Cc1ccc([N+](=O)[O-])cc1)C(=O)O. The Kier molecular flexibility index (Phi) is 4.54. The van der Waals surface area contributed by atoms with Gasteiger partial charge in [-0.3, -0.25) is 19.7 Å². The van der Waals surface area contributed by atoms with Gasteiger partial charge in [-0.05, 0) is 12.0 Å². The van der Waals surface area contributed by atoms with Gasteiger partial charge < -0.3 is 15.9 Å². The van der Waals surface area contributed by atoms with Gasteiger partial charge in [0.2, 0.25) is 0 Å². The monoisotopic (exact) mass is 268 g/mol. The van der Waals surface area contributed by atoms with Crippen molar-refractivity contribution in [3.05, 3.63) is 39.9 Å². The molecule has 0 bridgehead atoms. The Balaban J connectivity index is 2.88. The van der Waals surface area contributed by atoms with Crippen LogP contribution < -0.4 is 5.73 Å². The standard InChI is InChI=1S/C11H12N2O6/c12-9(11(16)17)8(10(14)15)5-6-1-3-7(4-2-6)13(18)19/h1-4,8-9H,5,12H2,(H,14,15)(H,16,17)/t8-,9-/m0/s1. The topological polar surface area (TPSA) is 144 Å². The van der Waals surface area contributed by atoms with Gasteiger partial charge in [0.25, 0.3) is 5.69 Å². The molecule has 0 heterocycles. The summed E-state index contributed by atoms with van der Waals surface area (Å²) in [5.74, 6) is -4.03. The van der Waals surface area contributed by atoms with E-state index in [-0.39, 0.29) is 12.1 Å². The Morgan fingerprint density at radius 3 is 2.11 bits per heavy atom. The van der Waals surface area contributed by atoms with Gasteiger partial charge in [-0.1, -0.05) is 12.1 Å². The second kappa shape index (κ2) is 5.91. The van der Waals surface area contributed by atoms with Crippen LogP contribution in [-0.2, 0) is 16.0 Å². The number of non-ortho nitro benzene ring substituents is 1. The van der Waals surface area contributed by atoms with Crippen LogP contribution in [0.1, 0.15) is 5.56 Å². The van der Waals surface area contributed by atoms with Crippen LogP contribution in [0, 0.1) is 16.0 Å². The molecule has 1 aromatic carbocycles. The molecule has 0 radical (unpaired) electrons. The van der Waals surface area contributed by atoms with Crippen molar-refractivity contribution in [2.45, 2.75) is 12.5 Å². The zero-order chi connectivity index (χ0) is 14.6. The summed E-state index contributed by atoms with van der Waals surface area (Å²) in [6, 6.07) is 3.67. The zero-order valence-electron chi connectivity index (χ0n) is 9.72. The molecule has 0 aliphatic carbocycles. The molecule has 0 unspecified atom stereocenters. The van der Waals surface area contributed by atoms with Crippen molar-refractivity contribution in [3.63, 3.8) is 0 Å². The molecule has 2 atom stereocenters. The van der Waals surface area contributed by atoms with Crippen LogP contribution in [0.2, 0.25) is 0 Å². The van der Waals surface area contributed by atoms with E-state index in [0.717, 1.165) is 0 Å². The average Bonchev–Trinajstić information content (AvgIpc) is 2.35. The number of nitrogens with zero attached hydrogens (tertiary/aromatic N) is 1. The van der Waals surface area contributed by atoms with Gasteiger partial charge in [0.05, 0.1) is 10.8 Å². The van der Waals surface area contributed by atoms with Crippen molar-refractivity contribution in [1.82, 2.24) is 0 Å². The Morgan fingerprint density at radius 2 is 1.74 bits per heavy atom. The normalized spacial score (nSPS) is 13.5. The second-order valence-corrected chi connectivity index (χ2v) is 3.94. The largest absolute Gasteiger partial charge is 0.481 e. The number of carbonyl (C=O) groups is 2. The minimum Gasteiger partial charge on any atom is -0.481 e. The highest BCUT2D eigenvalue weighted by atomic mass is 16.6. The van der Waals surface area contributed by atoms with Crippen molar-refractivity contribution in [1.29, 1.82) is 0 Å². The summed E-state index contributed by atoms with van der Waals surface area (Å²) >= 11 is 0. The smallest absolute Gasteiger partial charge is 0.321 e. The molecule has 19 heavy (non-hydrogen) atoms. The van der Waals surface area contributed by atoms with E-state index in [1.54, 1.807) is 0 Å². The third-order valence-electron chi connectivity index (χ3n) is 2.64. The van der Waals surface area contributed by atoms with Crippen LogP contribution in [0.25, 0.3) is 0 Å². The fourth-order valence-electron chi connectivity index (χ4n) is 1.55. The van der Waals surface area contributed by atoms with E-state index in [0.29, 0.717) is 5.56 Å². The zero-order valence-corrected chi connectivity index (χ0v) is 9.72. The lowest BCUT2D eigenvalue weighted by atomic mass is 9.92. The van der Waals surface area contributed by atoms with Gasteiger partial charge in [0, 0.05) is 12.1 Å². The van der Waals surface area contributed by atoms with E-state index in [1.165, 1.54) is 24.3 Å². The number of nitrogens with two attached hydrogens (primary N) is 1. The Bertz CT molecular complexity index is 498. The molecule has 0 fully saturated rings. The molecular formula is C11H12N2O6. The predicted molar refractivity (Wildman–Crippen MR) is 63.5 cm³/mol. The van der Waals surface area contributed by atoms with E-state index in [9.17, 15) is 19.7 Å². The quantitative estimate of drug-likeness (QED) is 0.495. The minimum absolute atomic E-state index is 0.110. The number of hydrogen-bond acceptors (Lipinski definition) is 5. The van der Waals surface area contributed by atoms with Crippen LogP contribution in [0.4, 0.5) is 5.69 Å². The summed E-state index contributed by atoms with van der Waals surface area (Å²) < 4.78 is 0. The maximum atomic E-state index is 11.0. The number of carboxylic acid groups (broad SMARTS) is 2. The van der Waals surface area contributed by atoms with Gasteiger partial charge in [-0.2, -0.15) is 0 Å². The highest BCUT2D eigenvalue weighted by Crippen LogP contribution is 2.16. The fourth-order valence-corrected chi connectivity index (χ4v) is 1.55. The number of nitro groups is 1. The van der Waals surface area contributed by atoms with Crippen molar-refractivity contribution in [2.24, 2.45) is 11.7 Å². The first-order valence-electron chi connectivity index (χ1n) is 5.27. The lowest BCUT2D eigenvalue weighted by molar-refractivity contribution is -0.384. The molecule has 4 N–H and O–H groups in total. The summed E-state index contributed by atoms with van der Waals surface area (Å²) in [5.41, 5.74) is 5.64. The molecule has 0 saturated carbocycles. The van der Waals surface area contributed by atoms with Crippen molar-refractivity contribution < 1.29 is 24.7 Å². The van der Waals surface area contributed by atoms with Gasteiger partial charge in [-0.15, -0.1) is 0 Å². The molecule has 0 amide bonds. The van der Waals surface area contributed by atoms with Gasteiger partial charge in [-0.25, -0.2) is 0 Å². The van der Waals surface area contributed by atoms with E-state index in [2.05, 4.69) is 0 Å². The van der Waals surface area contributed by atoms with Crippen LogP contribution in [0.5, 0.6) is 0 Å². The molecule has 0 aliphatic rings. The van der Waals surface area contributed by atoms with Crippen LogP contribution in [-0.4, -0.2) is 33.1 Å². The summed E-state index contributed by atoms with van der Waals surface area (Å²) in [6.45, 7) is 0. The molecule has 0 saturated heterocycles. The molecular weight excluding hydrogens is 256 g/mol. The van der Waals surface area contributed by atoms with E-state index in [4.69, 9.17) is 15.9 Å². The summed E-state index contributed by atoms with van der Waals surface area (Å²) in [5, 5.41) is 28.1. The third kappa shape index (κ3) is 3.75. The highest BCUT2D eigenvalue weighted by Gasteiger charge is 2.30. The van der Waals surface area contributed by atoms with E-state index >= 15 is 0 Å². The molecule has 0 aliphatic heterocycles. The number of nitro benzene ring substituents is 1. The number of aliphatic carboxylic acids is 2. The van der Waals surface area contributed by atoms with Crippen molar-refractivity contribution in [2.75, 3.05) is 0 Å². The Labute approximate surface area is 107 Å². The highest BCUT2D eigenvalue weighted by molar-refractivity contribution is 5.82. The fraction of sp³-hybridized carbons (Fsp3) is 0.273. The Hall–Kier alpha value is -2.48. The first kappa shape index (κ1) is 14.6. The molecule has 8 nitrogen and oxygen atoms in total. The van der Waals surface area contributed by atoms with Crippen LogP contribution in [0.15, 0.2) is 24.3 Å². The minimum atomic E-state index is -1.53. The third-order valence-corrected chi connectivity index (χ3v) is 2.64. The molecule has 8 heteroatoms. The van der Waals surface area contributed by atoms with Gasteiger partial charge in [0.1, 0.15) is 6.04 Å². The molecule has 102 valence electrons.